The van der Waals surface area contributed by atoms with Gasteiger partial charge in [-0.05, 0) is 26.2 Å². The van der Waals surface area contributed by atoms with E-state index in [1.807, 2.05) is 0 Å². The molecule has 16 heavy (non-hydrogen) atoms. The van der Waals surface area contributed by atoms with E-state index in [2.05, 4.69) is 5.32 Å². The smallest absolute Gasteiger partial charge is 0.320 e. The average Bonchev–Trinajstić information content (AvgIpc) is 2.15. The molecule has 0 aromatic rings. The number of rotatable bonds is 8. The van der Waals surface area contributed by atoms with Gasteiger partial charge >= 0.3 is 5.97 Å². The van der Waals surface area contributed by atoms with Crippen molar-refractivity contribution in [2.75, 3.05) is 6.54 Å². The maximum absolute atomic E-state index is 11.1. The second-order valence-electron chi connectivity index (χ2n) is 3.84. The minimum atomic E-state index is -1.00. The summed E-state index contributed by atoms with van der Waals surface area (Å²) in [6.07, 6.45) is 1.20. The highest BCUT2D eigenvalue weighted by molar-refractivity contribution is 5.76. The number of aliphatic hydroxyl groups excluding tert-OH is 1. The number of unbranched alkanes of at least 4 members (excludes halogenated alkanes) is 1. The van der Waals surface area contributed by atoms with Crippen molar-refractivity contribution in [3.05, 3.63) is 0 Å². The predicted molar refractivity (Wildman–Crippen MR) is 58.8 cm³/mol. The van der Waals surface area contributed by atoms with E-state index in [0.29, 0.717) is 25.8 Å². The van der Waals surface area contributed by atoms with Gasteiger partial charge in [-0.2, -0.15) is 0 Å². The van der Waals surface area contributed by atoms with Gasteiger partial charge in [0.1, 0.15) is 6.04 Å². The van der Waals surface area contributed by atoms with Crippen molar-refractivity contribution in [3.63, 3.8) is 0 Å². The van der Waals surface area contributed by atoms with Crippen molar-refractivity contribution < 1.29 is 19.8 Å². The number of carboxylic acids is 1. The van der Waals surface area contributed by atoms with Crippen LogP contribution < -0.4 is 11.1 Å². The standard InChI is InChI=1S/C10H20N2O4/c1-7(13)6-9(14)12-5-3-2-4-8(11)10(15)16/h7-8,13H,2-6,11H2,1H3,(H,12,14)(H,15,16)/t7-,8-/m0/s1. The van der Waals surface area contributed by atoms with E-state index in [9.17, 15) is 9.59 Å². The van der Waals surface area contributed by atoms with Crippen LogP contribution in [-0.2, 0) is 9.59 Å². The number of carbonyl (C=O) groups is 2. The number of carboxylic acid groups (broad SMARTS) is 1. The first-order chi connectivity index (χ1) is 7.43. The third-order valence-corrected chi connectivity index (χ3v) is 2.06. The SMILES string of the molecule is C[C@H](O)CC(=O)NCCCC[C@H](N)C(=O)O. The summed E-state index contributed by atoms with van der Waals surface area (Å²) >= 11 is 0. The molecule has 0 aliphatic carbocycles. The maximum atomic E-state index is 11.1. The molecule has 5 N–H and O–H groups in total. The molecular formula is C10H20N2O4. The Labute approximate surface area is 94.8 Å². The fourth-order valence-corrected chi connectivity index (χ4v) is 1.18. The number of aliphatic carboxylic acids is 1. The molecule has 0 aliphatic rings. The van der Waals surface area contributed by atoms with E-state index in [4.69, 9.17) is 15.9 Å². The number of nitrogens with two attached hydrogens (primary N) is 1. The lowest BCUT2D eigenvalue weighted by Crippen LogP contribution is -2.30. The third-order valence-electron chi connectivity index (χ3n) is 2.06. The van der Waals surface area contributed by atoms with E-state index in [1.165, 1.54) is 0 Å². The lowest BCUT2D eigenvalue weighted by molar-refractivity contribution is -0.138. The number of nitrogens with one attached hydrogen (secondary N) is 1. The molecule has 0 fully saturated rings. The Bertz CT molecular complexity index is 231. The molecule has 0 radical (unpaired) electrons. The second kappa shape index (κ2) is 8.06. The van der Waals surface area contributed by atoms with Crippen molar-refractivity contribution in [1.29, 1.82) is 0 Å². The lowest BCUT2D eigenvalue weighted by atomic mass is 10.1. The Hall–Kier alpha value is -1.14. The van der Waals surface area contributed by atoms with E-state index in [-0.39, 0.29) is 12.3 Å². The lowest BCUT2D eigenvalue weighted by Gasteiger charge is -2.08. The summed E-state index contributed by atoms with van der Waals surface area (Å²) in [6, 6.07) is -0.826. The molecule has 0 aromatic carbocycles. The number of carbonyl (C=O) groups excluding carboxylic acids is 1. The monoisotopic (exact) mass is 232 g/mol. The molecule has 6 heteroatoms. The summed E-state index contributed by atoms with van der Waals surface area (Å²) in [7, 11) is 0. The van der Waals surface area contributed by atoms with Gasteiger partial charge in [-0.1, -0.05) is 0 Å². The van der Waals surface area contributed by atoms with Gasteiger partial charge in [-0.15, -0.1) is 0 Å². The van der Waals surface area contributed by atoms with Crippen LogP contribution in [0.5, 0.6) is 0 Å². The third kappa shape index (κ3) is 8.19. The van der Waals surface area contributed by atoms with Gasteiger partial charge in [0.15, 0.2) is 0 Å². The quantitative estimate of drug-likeness (QED) is 0.420. The molecule has 1 amide bonds. The summed E-state index contributed by atoms with van der Waals surface area (Å²) in [5.41, 5.74) is 5.30. The topological polar surface area (TPSA) is 113 Å². The van der Waals surface area contributed by atoms with E-state index in [1.54, 1.807) is 6.92 Å². The van der Waals surface area contributed by atoms with Gasteiger partial charge in [0, 0.05) is 6.54 Å². The van der Waals surface area contributed by atoms with Crippen LogP contribution >= 0.6 is 0 Å². The summed E-state index contributed by atoms with van der Waals surface area (Å²) < 4.78 is 0. The van der Waals surface area contributed by atoms with E-state index >= 15 is 0 Å². The molecule has 0 saturated carbocycles. The van der Waals surface area contributed by atoms with Gasteiger partial charge in [-0.3, -0.25) is 9.59 Å². The van der Waals surface area contributed by atoms with Crippen LogP contribution in [-0.4, -0.2) is 40.8 Å². The van der Waals surface area contributed by atoms with Crippen molar-refractivity contribution in [3.8, 4) is 0 Å². The Balaban J connectivity index is 3.40. The molecular weight excluding hydrogens is 212 g/mol. The van der Waals surface area contributed by atoms with Crippen molar-refractivity contribution in [2.24, 2.45) is 5.73 Å². The van der Waals surface area contributed by atoms with Gasteiger partial charge in [0.05, 0.1) is 12.5 Å². The maximum Gasteiger partial charge on any atom is 0.320 e. The zero-order valence-electron chi connectivity index (χ0n) is 9.48. The fourth-order valence-electron chi connectivity index (χ4n) is 1.18. The molecule has 2 atom stereocenters. The van der Waals surface area contributed by atoms with Gasteiger partial charge in [0.2, 0.25) is 5.91 Å². The van der Waals surface area contributed by atoms with E-state index in [0.717, 1.165) is 0 Å². The Kier molecular flexibility index (Phi) is 7.49. The first-order valence-corrected chi connectivity index (χ1v) is 5.36. The molecule has 6 nitrogen and oxygen atoms in total. The van der Waals surface area contributed by atoms with E-state index < -0.39 is 18.1 Å². The molecule has 94 valence electrons. The summed E-state index contributed by atoms with van der Waals surface area (Å²) in [6.45, 7) is 2.03. The Morgan fingerprint density at radius 1 is 1.38 bits per heavy atom. The zero-order chi connectivity index (χ0) is 12.6. The van der Waals surface area contributed by atoms with Crippen molar-refractivity contribution in [1.82, 2.24) is 5.32 Å². The first-order valence-electron chi connectivity index (χ1n) is 5.36. The normalized spacial score (nSPS) is 14.2. The summed E-state index contributed by atoms with van der Waals surface area (Å²) in [5.74, 6) is -1.20. The molecule has 0 heterocycles. The molecule has 0 spiro atoms. The Morgan fingerprint density at radius 3 is 2.50 bits per heavy atom. The van der Waals surface area contributed by atoms with Crippen molar-refractivity contribution >= 4 is 11.9 Å². The molecule has 0 saturated heterocycles. The van der Waals surface area contributed by atoms with Gasteiger partial charge in [0.25, 0.3) is 0 Å². The van der Waals surface area contributed by atoms with Crippen molar-refractivity contribution in [2.45, 2.75) is 44.8 Å². The van der Waals surface area contributed by atoms with Crippen LogP contribution in [0.15, 0.2) is 0 Å². The summed E-state index contributed by atoms with van der Waals surface area (Å²) in [5, 5.41) is 20.0. The van der Waals surface area contributed by atoms with Crippen LogP contribution in [0.1, 0.15) is 32.6 Å². The van der Waals surface area contributed by atoms with Crippen LogP contribution in [0, 0.1) is 0 Å². The van der Waals surface area contributed by atoms with Crippen LogP contribution in [0.4, 0.5) is 0 Å². The van der Waals surface area contributed by atoms with Crippen LogP contribution in [0.25, 0.3) is 0 Å². The molecule has 0 aromatic heterocycles. The minimum Gasteiger partial charge on any atom is -0.480 e. The van der Waals surface area contributed by atoms with Crippen LogP contribution in [0.2, 0.25) is 0 Å². The molecule has 0 aliphatic heterocycles. The molecule has 0 unspecified atom stereocenters. The molecule has 0 bridgehead atoms. The van der Waals surface area contributed by atoms with Gasteiger partial charge < -0.3 is 21.3 Å². The van der Waals surface area contributed by atoms with Crippen LogP contribution in [0.3, 0.4) is 0 Å². The first kappa shape index (κ1) is 14.9. The zero-order valence-corrected chi connectivity index (χ0v) is 9.48. The Morgan fingerprint density at radius 2 is 2.00 bits per heavy atom. The largest absolute Gasteiger partial charge is 0.480 e. The second-order valence-corrected chi connectivity index (χ2v) is 3.84. The number of aliphatic hydroxyl groups is 1. The highest BCUT2D eigenvalue weighted by Crippen LogP contribution is 1.98. The number of hydrogen-bond donors (Lipinski definition) is 4. The predicted octanol–water partition coefficient (Wildman–Crippen LogP) is -0.544. The minimum absolute atomic E-state index is 0.0919. The molecule has 0 rings (SSSR count). The number of hydrogen-bond acceptors (Lipinski definition) is 4. The average molecular weight is 232 g/mol. The van der Waals surface area contributed by atoms with Gasteiger partial charge in [-0.25, -0.2) is 0 Å². The highest BCUT2D eigenvalue weighted by Gasteiger charge is 2.10. The fraction of sp³-hybridized carbons (Fsp3) is 0.800. The number of amides is 1. The summed E-state index contributed by atoms with van der Waals surface area (Å²) in [4.78, 5) is 21.4. The highest BCUT2D eigenvalue weighted by atomic mass is 16.4.